The van der Waals surface area contributed by atoms with E-state index >= 15 is 0 Å². The monoisotopic (exact) mass is 298 g/mol. The van der Waals surface area contributed by atoms with Gasteiger partial charge in [-0.3, -0.25) is 9.30 Å². The maximum Gasteiger partial charge on any atom is 0.401 e. The molecular formula is C14H17F3N4. The zero-order chi connectivity index (χ0) is 15.6. The highest BCUT2D eigenvalue weighted by molar-refractivity contribution is 5.35. The van der Waals surface area contributed by atoms with E-state index in [2.05, 4.69) is 16.5 Å². The van der Waals surface area contributed by atoms with E-state index in [0.29, 0.717) is 11.5 Å². The number of nitrogens with zero attached hydrogens (tertiary/aromatic N) is 4. The van der Waals surface area contributed by atoms with Crippen LogP contribution in [0.1, 0.15) is 17.1 Å². The largest absolute Gasteiger partial charge is 0.401 e. The molecule has 0 aliphatic heterocycles. The zero-order valence-electron chi connectivity index (χ0n) is 12.0. The fourth-order valence-electron chi connectivity index (χ4n) is 2.36. The van der Waals surface area contributed by atoms with Gasteiger partial charge in [0.1, 0.15) is 0 Å². The first-order chi connectivity index (χ1) is 9.80. The van der Waals surface area contributed by atoms with E-state index in [1.165, 1.54) is 11.0 Å². The summed E-state index contributed by atoms with van der Waals surface area (Å²) < 4.78 is 39.6. The van der Waals surface area contributed by atoms with Crippen LogP contribution in [0.3, 0.4) is 0 Å². The van der Waals surface area contributed by atoms with E-state index in [1.807, 2.05) is 19.9 Å². The van der Waals surface area contributed by atoms with Crippen LogP contribution in [-0.4, -0.2) is 38.5 Å². The van der Waals surface area contributed by atoms with Gasteiger partial charge in [-0.2, -0.15) is 13.2 Å². The van der Waals surface area contributed by atoms with Gasteiger partial charge in [0.2, 0.25) is 5.78 Å². The molecule has 0 unspecified atom stereocenters. The van der Waals surface area contributed by atoms with E-state index in [9.17, 15) is 13.2 Å². The fraction of sp³-hybridized carbons (Fsp3) is 0.429. The highest BCUT2D eigenvalue weighted by atomic mass is 19.4. The number of hydrogen-bond donors (Lipinski definition) is 0. The van der Waals surface area contributed by atoms with Crippen LogP contribution in [0.4, 0.5) is 13.2 Å². The lowest BCUT2D eigenvalue weighted by Crippen LogP contribution is -2.34. The number of fused-ring (bicyclic) bond motifs is 1. The Morgan fingerprint density at radius 1 is 1.38 bits per heavy atom. The van der Waals surface area contributed by atoms with Gasteiger partial charge in [-0.1, -0.05) is 6.08 Å². The Labute approximate surface area is 120 Å². The molecule has 0 atom stereocenters. The normalized spacial score (nSPS) is 12.3. The minimum Gasteiger partial charge on any atom is -0.285 e. The molecule has 114 valence electrons. The molecule has 0 saturated heterocycles. The second kappa shape index (κ2) is 5.85. The van der Waals surface area contributed by atoms with Crippen LogP contribution in [0.25, 0.3) is 5.78 Å². The number of alkyl halides is 3. The van der Waals surface area contributed by atoms with Crippen molar-refractivity contribution in [1.82, 2.24) is 19.3 Å². The van der Waals surface area contributed by atoms with Crippen LogP contribution in [-0.2, 0) is 6.54 Å². The molecule has 2 aromatic rings. The molecule has 0 bridgehead atoms. The molecule has 2 heterocycles. The van der Waals surface area contributed by atoms with Gasteiger partial charge in [-0.15, -0.1) is 6.58 Å². The van der Waals surface area contributed by atoms with Gasteiger partial charge < -0.3 is 0 Å². The molecule has 7 heteroatoms. The lowest BCUT2D eigenvalue weighted by molar-refractivity contribution is -0.146. The minimum absolute atomic E-state index is 0.137. The van der Waals surface area contributed by atoms with E-state index in [4.69, 9.17) is 0 Å². The van der Waals surface area contributed by atoms with Crippen molar-refractivity contribution in [2.75, 3.05) is 13.1 Å². The molecule has 21 heavy (non-hydrogen) atoms. The third kappa shape index (κ3) is 3.81. The Morgan fingerprint density at radius 2 is 2.10 bits per heavy atom. The van der Waals surface area contributed by atoms with Crippen molar-refractivity contribution in [3.63, 3.8) is 0 Å². The Bertz CT molecular complexity index is 645. The first-order valence-electron chi connectivity index (χ1n) is 6.51. The average Bonchev–Trinajstić information content (AvgIpc) is 2.70. The fourth-order valence-corrected chi connectivity index (χ4v) is 2.36. The van der Waals surface area contributed by atoms with Gasteiger partial charge >= 0.3 is 6.18 Å². The second-order valence-corrected chi connectivity index (χ2v) is 5.00. The van der Waals surface area contributed by atoms with Gasteiger partial charge in [-0.25, -0.2) is 9.97 Å². The van der Waals surface area contributed by atoms with Crippen molar-refractivity contribution in [2.45, 2.75) is 26.6 Å². The third-order valence-electron chi connectivity index (χ3n) is 3.04. The predicted octanol–water partition coefficient (Wildman–Crippen LogP) is 2.90. The van der Waals surface area contributed by atoms with Crippen LogP contribution >= 0.6 is 0 Å². The lowest BCUT2D eigenvalue weighted by atomic mass is 10.3. The Hall–Kier alpha value is -1.89. The molecular weight excluding hydrogens is 281 g/mol. The Balaban J connectivity index is 2.30. The van der Waals surface area contributed by atoms with Gasteiger partial charge in [0.15, 0.2) is 0 Å². The smallest absolute Gasteiger partial charge is 0.285 e. The molecule has 0 amide bonds. The van der Waals surface area contributed by atoms with Crippen molar-refractivity contribution in [3.8, 4) is 0 Å². The molecule has 0 saturated carbocycles. The number of aryl methyl sites for hydroxylation is 2. The van der Waals surface area contributed by atoms with E-state index in [0.717, 1.165) is 11.4 Å². The minimum atomic E-state index is -4.24. The van der Waals surface area contributed by atoms with Gasteiger partial charge in [0, 0.05) is 24.5 Å². The third-order valence-corrected chi connectivity index (χ3v) is 3.04. The predicted molar refractivity (Wildman–Crippen MR) is 74.0 cm³/mol. The molecule has 4 nitrogen and oxygen atoms in total. The molecule has 0 spiro atoms. The maximum absolute atomic E-state index is 12.6. The average molecular weight is 298 g/mol. The van der Waals surface area contributed by atoms with Gasteiger partial charge in [0.05, 0.1) is 18.4 Å². The molecule has 2 aromatic heterocycles. The van der Waals surface area contributed by atoms with E-state index < -0.39 is 12.7 Å². The molecule has 0 N–H and O–H groups in total. The van der Waals surface area contributed by atoms with Crippen molar-refractivity contribution < 1.29 is 13.2 Å². The summed E-state index contributed by atoms with van der Waals surface area (Å²) in [6.07, 6.45) is -1.21. The van der Waals surface area contributed by atoms with Crippen LogP contribution in [0.5, 0.6) is 0 Å². The first kappa shape index (κ1) is 15.5. The number of imidazole rings is 1. The number of rotatable bonds is 5. The molecule has 2 rings (SSSR count). The SMILES string of the molecule is C=CCN(Cc1cnc2nc(C)cc(C)n12)CC(F)(F)F. The summed E-state index contributed by atoms with van der Waals surface area (Å²) in [4.78, 5) is 9.72. The Morgan fingerprint density at radius 3 is 2.71 bits per heavy atom. The second-order valence-electron chi connectivity index (χ2n) is 5.00. The summed E-state index contributed by atoms with van der Waals surface area (Å²) in [5, 5.41) is 0. The summed E-state index contributed by atoms with van der Waals surface area (Å²) in [6, 6.07) is 1.87. The van der Waals surface area contributed by atoms with Gasteiger partial charge in [-0.05, 0) is 19.9 Å². The van der Waals surface area contributed by atoms with Crippen LogP contribution in [0.2, 0.25) is 0 Å². The summed E-state index contributed by atoms with van der Waals surface area (Å²) in [5.74, 6) is 0.507. The molecule has 0 radical (unpaired) electrons. The molecule has 0 aliphatic rings. The van der Waals surface area contributed by atoms with Gasteiger partial charge in [0.25, 0.3) is 0 Å². The number of halogens is 3. The number of hydrogen-bond acceptors (Lipinski definition) is 3. The summed E-state index contributed by atoms with van der Waals surface area (Å²) >= 11 is 0. The van der Waals surface area contributed by atoms with Crippen molar-refractivity contribution >= 4 is 5.78 Å². The standard InChI is InChI=1S/C14H17F3N4/c1-4-5-20(9-14(15,16)17)8-12-7-18-13-19-10(2)6-11(3)21(12)13/h4,6-7H,1,5,8-9H2,2-3H3. The molecule has 0 aliphatic carbocycles. The highest BCUT2D eigenvalue weighted by Crippen LogP contribution is 2.19. The topological polar surface area (TPSA) is 33.4 Å². The zero-order valence-corrected chi connectivity index (χ0v) is 12.0. The Kier molecular flexibility index (Phi) is 4.32. The van der Waals surface area contributed by atoms with Crippen LogP contribution in [0, 0.1) is 13.8 Å². The van der Waals surface area contributed by atoms with Crippen molar-refractivity contribution in [2.24, 2.45) is 0 Å². The van der Waals surface area contributed by atoms with Crippen molar-refractivity contribution in [3.05, 3.63) is 42.0 Å². The number of aromatic nitrogens is 3. The highest BCUT2D eigenvalue weighted by Gasteiger charge is 2.30. The summed E-state index contributed by atoms with van der Waals surface area (Å²) in [7, 11) is 0. The summed E-state index contributed by atoms with van der Waals surface area (Å²) in [6.45, 7) is 6.56. The summed E-state index contributed by atoms with van der Waals surface area (Å²) in [5.41, 5.74) is 2.41. The van der Waals surface area contributed by atoms with Crippen molar-refractivity contribution in [1.29, 1.82) is 0 Å². The molecule has 0 aromatic carbocycles. The quantitative estimate of drug-likeness (QED) is 0.796. The first-order valence-corrected chi connectivity index (χ1v) is 6.51. The van der Waals surface area contributed by atoms with Crippen LogP contribution in [0.15, 0.2) is 24.9 Å². The van der Waals surface area contributed by atoms with E-state index in [-0.39, 0.29) is 13.1 Å². The molecule has 0 fully saturated rings. The lowest BCUT2D eigenvalue weighted by Gasteiger charge is -2.22. The maximum atomic E-state index is 12.6. The van der Waals surface area contributed by atoms with E-state index in [1.54, 1.807) is 10.6 Å². The van der Waals surface area contributed by atoms with Crippen LogP contribution < -0.4 is 0 Å².